The van der Waals surface area contributed by atoms with Crippen LogP contribution >= 0.6 is 0 Å². The Hall–Kier alpha value is -0.850. The Morgan fingerprint density at radius 3 is 2.07 bits per heavy atom. The molecular formula is C13H17F. The van der Waals surface area contributed by atoms with Crippen molar-refractivity contribution in [1.29, 1.82) is 0 Å². The van der Waals surface area contributed by atoms with Gasteiger partial charge in [0.2, 0.25) is 0 Å². The van der Waals surface area contributed by atoms with Crippen LogP contribution < -0.4 is 0 Å². The Kier molecular flexibility index (Phi) is 2.13. The van der Waals surface area contributed by atoms with Gasteiger partial charge in [-0.1, -0.05) is 36.8 Å². The van der Waals surface area contributed by atoms with Crippen LogP contribution in [0.5, 0.6) is 0 Å². The number of hydrogen-bond donors (Lipinski definition) is 0. The average molecular weight is 192 g/mol. The van der Waals surface area contributed by atoms with Crippen molar-refractivity contribution < 1.29 is 4.39 Å². The van der Waals surface area contributed by atoms with Gasteiger partial charge in [-0.05, 0) is 32.3 Å². The molecule has 1 heteroatoms. The maximum Gasteiger partial charge on any atom is 0.115 e. The minimum atomic E-state index is -1.10. The van der Waals surface area contributed by atoms with Crippen LogP contribution in [0.1, 0.15) is 38.7 Å². The molecule has 0 aromatic heterocycles. The van der Waals surface area contributed by atoms with Crippen molar-refractivity contribution in [3.8, 4) is 0 Å². The third-order valence-corrected chi connectivity index (χ3v) is 3.67. The van der Waals surface area contributed by atoms with Gasteiger partial charge in [-0.15, -0.1) is 0 Å². The summed E-state index contributed by atoms with van der Waals surface area (Å²) in [6.07, 6.45) is 3.13. The third-order valence-electron chi connectivity index (χ3n) is 3.67. The molecule has 1 aliphatic carbocycles. The minimum Gasteiger partial charge on any atom is -0.244 e. The van der Waals surface area contributed by atoms with E-state index in [0.29, 0.717) is 0 Å². The molecule has 1 saturated carbocycles. The molecule has 0 amide bonds. The summed E-state index contributed by atoms with van der Waals surface area (Å²) in [7, 11) is 0. The van der Waals surface area contributed by atoms with E-state index in [0.717, 1.165) is 19.3 Å². The van der Waals surface area contributed by atoms with Crippen LogP contribution in [0.4, 0.5) is 4.39 Å². The van der Waals surface area contributed by atoms with Crippen molar-refractivity contribution in [2.45, 2.75) is 44.2 Å². The molecule has 0 heterocycles. The number of rotatable bonds is 2. The summed E-state index contributed by atoms with van der Waals surface area (Å²) in [5.74, 6) is 0. The van der Waals surface area contributed by atoms with Crippen molar-refractivity contribution in [3.05, 3.63) is 35.9 Å². The molecule has 1 aliphatic rings. The first-order valence-electron chi connectivity index (χ1n) is 5.31. The van der Waals surface area contributed by atoms with Gasteiger partial charge in [0.25, 0.3) is 0 Å². The Labute approximate surface area is 85.1 Å². The molecule has 1 aromatic carbocycles. The van der Waals surface area contributed by atoms with Gasteiger partial charge in [0.05, 0.1) is 0 Å². The van der Waals surface area contributed by atoms with Crippen molar-refractivity contribution in [1.82, 2.24) is 0 Å². The summed E-state index contributed by atoms with van der Waals surface area (Å²) in [5, 5.41) is 0. The monoisotopic (exact) mass is 192 g/mol. The molecule has 76 valence electrons. The van der Waals surface area contributed by atoms with Gasteiger partial charge in [0.1, 0.15) is 5.67 Å². The second-order valence-electron chi connectivity index (χ2n) is 4.77. The molecule has 1 aromatic rings. The second-order valence-corrected chi connectivity index (χ2v) is 4.77. The van der Waals surface area contributed by atoms with E-state index in [2.05, 4.69) is 12.1 Å². The lowest BCUT2D eigenvalue weighted by Crippen LogP contribution is -2.49. The Balaban J connectivity index is 2.39. The fraction of sp³-hybridized carbons (Fsp3) is 0.538. The van der Waals surface area contributed by atoms with Gasteiger partial charge >= 0.3 is 0 Å². The van der Waals surface area contributed by atoms with Gasteiger partial charge < -0.3 is 0 Å². The standard InChI is InChI=1S/C13H17F/c1-12(2,14)13(9-6-10-13)11-7-4-3-5-8-11/h3-5,7-8H,6,9-10H2,1-2H3. The molecule has 0 unspecified atom stereocenters. The first-order chi connectivity index (χ1) is 6.56. The average Bonchev–Trinajstić information content (AvgIpc) is 2.01. The predicted molar refractivity (Wildman–Crippen MR) is 57.2 cm³/mol. The van der Waals surface area contributed by atoms with E-state index in [-0.39, 0.29) is 5.41 Å². The van der Waals surface area contributed by atoms with Gasteiger partial charge in [-0.3, -0.25) is 0 Å². The molecule has 0 bridgehead atoms. The van der Waals surface area contributed by atoms with E-state index in [1.807, 2.05) is 18.2 Å². The Bertz CT molecular complexity index is 304. The van der Waals surface area contributed by atoms with Crippen molar-refractivity contribution in [2.75, 3.05) is 0 Å². The smallest absolute Gasteiger partial charge is 0.115 e. The Morgan fingerprint density at radius 2 is 1.71 bits per heavy atom. The van der Waals surface area contributed by atoms with E-state index in [4.69, 9.17) is 0 Å². The number of benzene rings is 1. The molecule has 14 heavy (non-hydrogen) atoms. The third kappa shape index (κ3) is 1.26. The summed E-state index contributed by atoms with van der Waals surface area (Å²) in [4.78, 5) is 0. The zero-order valence-electron chi connectivity index (χ0n) is 8.89. The first kappa shape index (κ1) is 9.70. The van der Waals surface area contributed by atoms with Crippen LogP contribution in [0.2, 0.25) is 0 Å². The van der Waals surface area contributed by atoms with Crippen LogP contribution in [0.3, 0.4) is 0 Å². The molecule has 0 nitrogen and oxygen atoms in total. The van der Waals surface area contributed by atoms with Crippen molar-refractivity contribution >= 4 is 0 Å². The summed E-state index contributed by atoms with van der Waals surface area (Å²) >= 11 is 0. The zero-order valence-corrected chi connectivity index (χ0v) is 8.89. The molecule has 0 atom stereocenters. The SMILES string of the molecule is CC(C)(F)C1(c2ccccc2)CCC1. The highest BCUT2D eigenvalue weighted by Crippen LogP contribution is 2.52. The van der Waals surface area contributed by atoms with Crippen molar-refractivity contribution in [3.63, 3.8) is 0 Å². The highest BCUT2D eigenvalue weighted by atomic mass is 19.1. The van der Waals surface area contributed by atoms with Crippen LogP contribution in [0.15, 0.2) is 30.3 Å². The van der Waals surface area contributed by atoms with E-state index in [1.54, 1.807) is 13.8 Å². The number of alkyl halides is 1. The summed E-state index contributed by atoms with van der Waals surface area (Å²) in [6, 6.07) is 10.1. The number of hydrogen-bond acceptors (Lipinski definition) is 0. The van der Waals surface area contributed by atoms with Crippen LogP contribution in [-0.2, 0) is 5.41 Å². The van der Waals surface area contributed by atoms with E-state index >= 15 is 0 Å². The molecule has 0 N–H and O–H groups in total. The lowest BCUT2D eigenvalue weighted by molar-refractivity contribution is 0.0268. The maximum atomic E-state index is 14.2. The highest BCUT2D eigenvalue weighted by molar-refractivity contribution is 5.31. The molecule has 0 radical (unpaired) electrons. The zero-order chi connectivity index (χ0) is 10.2. The molecular weight excluding hydrogens is 175 g/mol. The Morgan fingerprint density at radius 1 is 1.14 bits per heavy atom. The lowest BCUT2D eigenvalue weighted by Gasteiger charge is -2.49. The van der Waals surface area contributed by atoms with Gasteiger partial charge in [0, 0.05) is 5.41 Å². The van der Waals surface area contributed by atoms with Gasteiger partial charge in [-0.25, -0.2) is 4.39 Å². The molecule has 1 fully saturated rings. The van der Waals surface area contributed by atoms with E-state index in [9.17, 15) is 4.39 Å². The van der Waals surface area contributed by atoms with Crippen LogP contribution in [0.25, 0.3) is 0 Å². The number of halogens is 1. The van der Waals surface area contributed by atoms with E-state index in [1.165, 1.54) is 5.56 Å². The van der Waals surface area contributed by atoms with Crippen LogP contribution in [-0.4, -0.2) is 5.67 Å². The van der Waals surface area contributed by atoms with Gasteiger partial charge in [0.15, 0.2) is 0 Å². The highest BCUT2D eigenvalue weighted by Gasteiger charge is 2.50. The fourth-order valence-corrected chi connectivity index (χ4v) is 2.51. The predicted octanol–water partition coefficient (Wildman–Crippen LogP) is 3.86. The molecule has 2 rings (SSSR count). The van der Waals surface area contributed by atoms with E-state index < -0.39 is 5.67 Å². The van der Waals surface area contributed by atoms with Crippen LogP contribution in [0, 0.1) is 0 Å². The first-order valence-corrected chi connectivity index (χ1v) is 5.31. The van der Waals surface area contributed by atoms with Gasteiger partial charge in [-0.2, -0.15) is 0 Å². The normalized spacial score (nSPS) is 20.2. The summed E-state index contributed by atoms with van der Waals surface area (Å²) in [5.41, 5.74) is -0.153. The summed E-state index contributed by atoms with van der Waals surface area (Å²) in [6.45, 7) is 3.42. The molecule has 0 saturated heterocycles. The second kappa shape index (κ2) is 3.08. The molecule has 0 aliphatic heterocycles. The van der Waals surface area contributed by atoms with Crippen molar-refractivity contribution in [2.24, 2.45) is 0 Å². The maximum absolute atomic E-state index is 14.2. The lowest BCUT2D eigenvalue weighted by atomic mass is 9.57. The summed E-state index contributed by atoms with van der Waals surface area (Å²) < 4.78 is 14.2. The minimum absolute atomic E-state index is 0.214. The molecule has 0 spiro atoms. The quantitative estimate of drug-likeness (QED) is 0.667. The fourth-order valence-electron chi connectivity index (χ4n) is 2.51. The largest absolute Gasteiger partial charge is 0.244 e. The topological polar surface area (TPSA) is 0 Å².